The van der Waals surface area contributed by atoms with Gasteiger partial charge >= 0.3 is 0 Å². The Bertz CT molecular complexity index is 873. The fraction of sp³-hybridized carbons (Fsp3) is 0.333. The summed E-state index contributed by atoms with van der Waals surface area (Å²) in [5.74, 6) is 1.02. The molecular weight excluding hydrogens is 406 g/mol. The lowest BCUT2D eigenvalue weighted by Crippen LogP contribution is -2.16. The van der Waals surface area contributed by atoms with E-state index in [9.17, 15) is 8.42 Å². The van der Waals surface area contributed by atoms with Gasteiger partial charge in [0.2, 0.25) is 0 Å². The molecule has 1 N–H and O–H groups in total. The molecule has 25 heavy (non-hydrogen) atoms. The molecule has 0 heterocycles. The highest BCUT2D eigenvalue weighted by Crippen LogP contribution is 2.34. The number of halogens is 1. The van der Waals surface area contributed by atoms with Crippen LogP contribution in [0.1, 0.15) is 26.3 Å². The van der Waals surface area contributed by atoms with Crippen molar-refractivity contribution in [2.24, 2.45) is 0 Å². The number of hydrogen-bond donors (Lipinski definition) is 1. The average Bonchev–Trinajstić information content (AvgIpc) is 2.53. The Balaban J connectivity index is 2.45. The number of hydrogen-bond acceptors (Lipinski definition) is 4. The van der Waals surface area contributed by atoms with Crippen molar-refractivity contribution < 1.29 is 17.9 Å². The van der Waals surface area contributed by atoms with Crippen LogP contribution in [0.25, 0.3) is 0 Å². The number of ether oxygens (including phenoxy) is 2. The first kappa shape index (κ1) is 19.6. The van der Waals surface area contributed by atoms with Crippen LogP contribution < -0.4 is 14.2 Å². The summed E-state index contributed by atoms with van der Waals surface area (Å²) in [6.45, 7) is 6.19. The highest BCUT2D eigenvalue weighted by molar-refractivity contribution is 9.10. The molecule has 0 saturated carbocycles. The van der Waals surface area contributed by atoms with Crippen LogP contribution >= 0.6 is 15.9 Å². The molecule has 136 valence electrons. The molecule has 0 aliphatic rings. The molecule has 0 aliphatic heterocycles. The molecule has 2 rings (SSSR count). The molecule has 0 aliphatic carbocycles. The van der Waals surface area contributed by atoms with E-state index in [0.717, 1.165) is 5.56 Å². The summed E-state index contributed by atoms with van der Waals surface area (Å²) in [4.78, 5) is 0.128. The Hall–Kier alpha value is -1.73. The Labute approximate surface area is 157 Å². The van der Waals surface area contributed by atoms with Crippen molar-refractivity contribution in [1.29, 1.82) is 0 Å². The van der Waals surface area contributed by atoms with Crippen LogP contribution in [0.2, 0.25) is 0 Å². The van der Waals surface area contributed by atoms with Gasteiger partial charge in [-0.3, -0.25) is 4.72 Å². The van der Waals surface area contributed by atoms with E-state index in [-0.39, 0.29) is 10.3 Å². The molecule has 2 aromatic rings. The minimum Gasteiger partial charge on any atom is -0.496 e. The number of benzene rings is 2. The molecule has 5 nitrogen and oxygen atoms in total. The van der Waals surface area contributed by atoms with Gasteiger partial charge < -0.3 is 9.47 Å². The van der Waals surface area contributed by atoms with Crippen molar-refractivity contribution in [2.75, 3.05) is 18.9 Å². The second-order valence-electron chi connectivity index (χ2n) is 6.57. The van der Waals surface area contributed by atoms with Gasteiger partial charge in [0.25, 0.3) is 10.0 Å². The highest BCUT2D eigenvalue weighted by atomic mass is 79.9. The molecule has 0 radical (unpaired) electrons. The molecule has 0 bridgehead atoms. The van der Waals surface area contributed by atoms with Crippen LogP contribution in [0.3, 0.4) is 0 Å². The van der Waals surface area contributed by atoms with Gasteiger partial charge in [-0.05, 0) is 57.2 Å². The summed E-state index contributed by atoms with van der Waals surface area (Å²) in [6, 6.07) is 10.1. The van der Waals surface area contributed by atoms with Gasteiger partial charge in [0.1, 0.15) is 11.5 Å². The van der Waals surface area contributed by atoms with Crippen molar-refractivity contribution >= 4 is 31.6 Å². The van der Waals surface area contributed by atoms with E-state index >= 15 is 0 Å². The lowest BCUT2D eigenvalue weighted by molar-refractivity contribution is 0.411. The SMILES string of the molecule is COc1ccc(S(=O)(=O)Nc2cc(C(C)(C)C)ccc2OC)cc1Br. The Morgan fingerprint density at radius 1 is 0.960 bits per heavy atom. The monoisotopic (exact) mass is 427 g/mol. The smallest absolute Gasteiger partial charge is 0.262 e. The Kier molecular flexibility index (Phi) is 5.68. The second-order valence-corrected chi connectivity index (χ2v) is 9.10. The lowest BCUT2D eigenvalue weighted by atomic mass is 9.87. The summed E-state index contributed by atoms with van der Waals surface area (Å²) in [5, 5.41) is 0. The van der Waals surface area contributed by atoms with Gasteiger partial charge in [0.15, 0.2) is 0 Å². The summed E-state index contributed by atoms with van der Waals surface area (Å²) in [6.07, 6.45) is 0. The fourth-order valence-corrected chi connectivity index (χ4v) is 4.05. The quantitative estimate of drug-likeness (QED) is 0.758. The summed E-state index contributed by atoms with van der Waals surface area (Å²) < 4.78 is 39.1. The van der Waals surface area contributed by atoms with Gasteiger partial charge in [0.05, 0.1) is 29.3 Å². The molecule has 0 atom stereocenters. The third-order valence-corrected chi connectivity index (χ3v) is 5.73. The minimum atomic E-state index is -3.77. The molecule has 0 unspecified atom stereocenters. The summed E-state index contributed by atoms with van der Waals surface area (Å²) in [5.41, 5.74) is 1.29. The Morgan fingerprint density at radius 2 is 1.56 bits per heavy atom. The zero-order valence-electron chi connectivity index (χ0n) is 14.9. The fourth-order valence-electron chi connectivity index (χ4n) is 2.27. The topological polar surface area (TPSA) is 64.6 Å². The van der Waals surface area contributed by atoms with Crippen LogP contribution in [-0.4, -0.2) is 22.6 Å². The zero-order valence-corrected chi connectivity index (χ0v) is 17.3. The molecule has 0 spiro atoms. The summed E-state index contributed by atoms with van der Waals surface area (Å²) in [7, 11) is -0.740. The maximum absolute atomic E-state index is 12.8. The number of nitrogens with one attached hydrogen (secondary N) is 1. The van der Waals surface area contributed by atoms with E-state index in [0.29, 0.717) is 21.7 Å². The molecular formula is C18H22BrNO4S. The van der Waals surface area contributed by atoms with Crippen molar-refractivity contribution in [2.45, 2.75) is 31.1 Å². The van der Waals surface area contributed by atoms with Crippen LogP contribution in [0.15, 0.2) is 45.8 Å². The predicted octanol–water partition coefficient (Wildman–Crippen LogP) is 4.56. The lowest BCUT2D eigenvalue weighted by Gasteiger charge is -2.21. The van der Waals surface area contributed by atoms with E-state index in [4.69, 9.17) is 9.47 Å². The van der Waals surface area contributed by atoms with Gasteiger partial charge in [-0.1, -0.05) is 26.8 Å². The normalized spacial score (nSPS) is 11.9. The maximum atomic E-state index is 12.8. The van der Waals surface area contributed by atoms with Gasteiger partial charge in [-0.15, -0.1) is 0 Å². The van der Waals surface area contributed by atoms with E-state index < -0.39 is 10.0 Å². The number of rotatable bonds is 5. The van der Waals surface area contributed by atoms with Gasteiger partial charge in [0, 0.05) is 0 Å². The molecule has 0 saturated heterocycles. The van der Waals surface area contributed by atoms with E-state index in [1.807, 2.05) is 6.07 Å². The predicted molar refractivity (Wildman–Crippen MR) is 103 cm³/mol. The molecule has 0 fully saturated rings. The van der Waals surface area contributed by atoms with E-state index in [1.54, 1.807) is 18.2 Å². The highest BCUT2D eigenvalue weighted by Gasteiger charge is 2.21. The van der Waals surface area contributed by atoms with Crippen LogP contribution in [0, 0.1) is 0 Å². The third kappa shape index (κ3) is 4.46. The average molecular weight is 428 g/mol. The first-order valence-corrected chi connectivity index (χ1v) is 9.91. The Morgan fingerprint density at radius 3 is 2.08 bits per heavy atom. The van der Waals surface area contributed by atoms with Crippen molar-refractivity contribution in [3.63, 3.8) is 0 Å². The zero-order chi connectivity index (χ0) is 18.8. The molecule has 0 aromatic heterocycles. The first-order valence-electron chi connectivity index (χ1n) is 7.63. The molecule has 0 amide bonds. The minimum absolute atomic E-state index is 0.115. The summed E-state index contributed by atoms with van der Waals surface area (Å²) >= 11 is 3.31. The van der Waals surface area contributed by atoms with Crippen LogP contribution in [-0.2, 0) is 15.4 Å². The molecule has 7 heteroatoms. The van der Waals surface area contributed by atoms with Crippen molar-refractivity contribution in [1.82, 2.24) is 0 Å². The van der Waals surface area contributed by atoms with E-state index in [1.165, 1.54) is 26.4 Å². The van der Waals surface area contributed by atoms with E-state index in [2.05, 4.69) is 41.4 Å². The standard InChI is InChI=1S/C18H22BrNO4S/c1-18(2,3)12-6-8-17(24-5)15(10-12)20-25(21,22)13-7-9-16(23-4)14(19)11-13/h6-11,20H,1-5H3. The van der Waals surface area contributed by atoms with Crippen molar-refractivity contribution in [3.8, 4) is 11.5 Å². The number of anilines is 1. The second kappa shape index (κ2) is 7.25. The maximum Gasteiger partial charge on any atom is 0.262 e. The van der Waals surface area contributed by atoms with Crippen LogP contribution in [0.4, 0.5) is 5.69 Å². The number of methoxy groups -OCH3 is 2. The number of sulfonamides is 1. The third-order valence-electron chi connectivity index (χ3n) is 3.74. The molecule has 2 aromatic carbocycles. The van der Waals surface area contributed by atoms with Crippen LogP contribution in [0.5, 0.6) is 11.5 Å². The largest absolute Gasteiger partial charge is 0.496 e. The van der Waals surface area contributed by atoms with Gasteiger partial charge in [-0.25, -0.2) is 8.42 Å². The van der Waals surface area contributed by atoms with Crippen molar-refractivity contribution in [3.05, 3.63) is 46.4 Å². The van der Waals surface area contributed by atoms with Gasteiger partial charge in [-0.2, -0.15) is 0 Å². The first-order chi connectivity index (χ1) is 11.6.